The Morgan fingerprint density at radius 1 is 1.25 bits per heavy atom. The van der Waals surface area contributed by atoms with Gasteiger partial charge in [-0.3, -0.25) is 9.59 Å². The molecular formula is C21H22N2O5. The van der Waals surface area contributed by atoms with Crippen molar-refractivity contribution in [1.29, 1.82) is 0 Å². The van der Waals surface area contributed by atoms with Gasteiger partial charge >= 0.3 is 0 Å². The number of methoxy groups -OCH3 is 1. The summed E-state index contributed by atoms with van der Waals surface area (Å²) in [5, 5.41) is 5.51. The van der Waals surface area contributed by atoms with Gasteiger partial charge in [0.2, 0.25) is 5.91 Å². The van der Waals surface area contributed by atoms with Crippen molar-refractivity contribution in [1.82, 2.24) is 0 Å². The summed E-state index contributed by atoms with van der Waals surface area (Å²) in [5.41, 5.74) is 1.89. The summed E-state index contributed by atoms with van der Waals surface area (Å²) in [4.78, 5) is 23.9. The first-order valence-electron chi connectivity index (χ1n) is 8.91. The van der Waals surface area contributed by atoms with Crippen molar-refractivity contribution >= 4 is 29.3 Å². The number of carbonyl (C=O) groups is 2. The average Bonchev–Trinajstić information content (AvgIpc) is 2.68. The van der Waals surface area contributed by atoms with Gasteiger partial charge in [0.1, 0.15) is 5.75 Å². The number of carbonyl (C=O) groups excluding carboxylic acids is 2. The van der Waals surface area contributed by atoms with Crippen molar-refractivity contribution in [2.75, 3.05) is 24.4 Å². The molecule has 0 aliphatic carbocycles. The Balaban J connectivity index is 1.68. The van der Waals surface area contributed by atoms with Gasteiger partial charge in [-0.05, 0) is 55.8 Å². The van der Waals surface area contributed by atoms with E-state index in [0.717, 1.165) is 5.56 Å². The maximum Gasteiger partial charge on any atom is 0.265 e. The predicted molar refractivity (Wildman–Crippen MR) is 107 cm³/mol. The van der Waals surface area contributed by atoms with E-state index in [9.17, 15) is 9.59 Å². The molecule has 2 N–H and O–H groups in total. The molecule has 1 heterocycles. The second kappa shape index (κ2) is 8.47. The lowest BCUT2D eigenvalue weighted by Gasteiger charge is -2.23. The van der Waals surface area contributed by atoms with E-state index < -0.39 is 6.10 Å². The molecule has 146 valence electrons. The predicted octanol–water partition coefficient (Wildman–Crippen LogP) is 3.47. The Morgan fingerprint density at radius 3 is 2.82 bits per heavy atom. The molecule has 0 radical (unpaired) electrons. The summed E-state index contributed by atoms with van der Waals surface area (Å²) in [6.07, 6.45) is 2.57. The molecule has 1 atom stereocenters. The van der Waals surface area contributed by atoms with Gasteiger partial charge in [0, 0.05) is 11.8 Å². The van der Waals surface area contributed by atoms with Gasteiger partial charge in [0.25, 0.3) is 5.91 Å². The smallest absolute Gasteiger partial charge is 0.265 e. The van der Waals surface area contributed by atoms with Crippen molar-refractivity contribution < 1.29 is 23.8 Å². The summed E-state index contributed by atoms with van der Waals surface area (Å²) < 4.78 is 16.3. The normalized spacial score (nSPS) is 15.4. The fourth-order valence-corrected chi connectivity index (χ4v) is 2.71. The molecule has 0 unspecified atom stereocenters. The van der Waals surface area contributed by atoms with E-state index in [4.69, 9.17) is 14.2 Å². The number of fused-ring (bicyclic) bond motifs is 1. The van der Waals surface area contributed by atoms with E-state index in [2.05, 4.69) is 10.6 Å². The highest BCUT2D eigenvalue weighted by Crippen LogP contribution is 2.32. The quantitative estimate of drug-likeness (QED) is 0.747. The molecule has 0 fully saturated rings. The molecule has 1 aliphatic heterocycles. The molecule has 0 spiro atoms. The van der Waals surface area contributed by atoms with Crippen LogP contribution in [0.2, 0.25) is 0 Å². The standard InChI is InChI=1S/C21H22N2O5/c1-4-27-19-11-14(5-8-18(19)26-3)6-10-20(24)22-15-7-9-17-16(12-15)23-21(25)13(2)28-17/h5-13H,4H2,1-3H3,(H,22,24)(H,23,25)/b10-6+/t13-/m1/s1. The molecule has 1 aliphatic rings. The zero-order chi connectivity index (χ0) is 20.1. The van der Waals surface area contributed by atoms with Gasteiger partial charge in [-0.1, -0.05) is 6.07 Å². The third-order valence-electron chi connectivity index (χ3n) is 4.09. The highest BCUT2D eigenvalue weighted by Gasteiger charge is 2.23. The maximum atomic E-state index is 12.2. The third kappa shape index (κ3) is 4.43. The van der Waals surface area contributed by atoms with Crippen LogP contribution < -0.4 is 24.8 Å². The van der Waals surface area contributed by atoms with E-state index in [1.807, 2.05) is 13.0 Å². The number of anilines is 2. The molecule has 28 heavy (non-hydrogen) atoms. The molecule has 2 aromatic rings. The Morgan fingerprint density at radius 2 is 2.07 bits per heavy atom. The van der Waals surface area contributed by atoms with Crippen LogP contribution >= 0.6 is 0 Å². The summed E-state index contributed by atoms with van der Waals surface area (Å²) >= 11 is 0. The zero-order valence-corrected chi connectivity index (χ0v) is 15.9. The van der Waals surface area contributed by atoms with Gasteiger partial charge in [-0.25, -0.2) is 0 Å². The first-order chi connectivity index (χ1) is 13.5. The zero-order valence-electron chi connectivity index (χ0n) is 15.9. The van der Waals surface area contributed by atoms with Gasteiger partial charge in [0.15, 0.2) is 17.6 Å². The second-order valence-corrected chi connectivity index (χ2v) is 6.13. The topological polar surface area (TPSA) is 85.9 Å². The average molecular weight is 382 g/mol. The number of rotatable bonds is 6. The van der Waals surface area contributed by atoms with E-state index in [0.29, 0.717) is 35.2 Å². The fraction of sp³-hybridized carbons (Fsp3) is 0.238. The lowest BCUT2D eigenvalue weighted by atomic mass is 10.2. The molecule has 0 aromatic heterocycles. The van der Waals surface area contributed by atoms with Crippen LogP contribution in [0.15, 0.2) is 42.5 Å². The minimum atomic E-state index is -0.540. The number of ether oxygens (including phenoxy) is 3. The molecule has 7 nitrogen and oxygen atoms in total. The van der Waals surface area contributed by atoms with Crippen molar-refractivity contribution in [2.24, 2.45) is 0 Å². The molecule has 0 bridgehead atoms. The Bertz CT molecular complexity index is 923. The summed E-state index contributed by atoms with van der Waals surface area (Å²) in [6.45, 7) is 4.08. The van der Waals surface area contributed by atoms with Crippen LogP contribution in [0.1, 0.15) is 19.4 Å². The van der Waals surface area contributed by atoms with E-state index in [1.54, 1.807) is 50.4 Å². The summed E-state index contributed by atoms with van der Waals surface area (Å²) in [7, 11) is 1.58. The SMILES string of the molecule is CCOc1cc(/C=C/C(=O)Nc2ccc3c(c2)NC(=O)[C@@H](C)O3)ccc1OC. The van der Waals surface area contributed by atoms with Crippen LogP contribution in [0.25, 0.3) is 6.08 Å². The van der Waals surface area contributed by atoms with Gasteiger partial charge in [0.05, 0.1) is 19.4 Å². The molecule has 0 saturated carbocycles. The summed E-state index contributed by atoms with van der Waals surface area (Å²) in [5.74, 6) is 1.30. The first-order valence-corrected chi connectivity index (χ1v) is 8.91. The van der Waals surface area contributed by atoms with Gasteiger partial charge in [-0.15, -0.1) is 0 Å². The minimum Gasteiger partial charge on any atom is -0.493 e. The minimum absolute atomic E-state index is 0.222. The molecular weight excluding hydrogens is 360 g/mol. The van der Waals surface area contributed by atoms with E-state index >= 15 is 0 Å². The number of hydrogen-bond donors (Lipinski definition) is 2. The number of amides is 2. The largest absolute Gasteiger partial charge is 0.493 e. The summed E-state index contributed by atoms with van der Waals surface area (Å²) in [6, 6.07) is 10.5. The maximum absolute atomic E-state index is 12.2. The monoisotopic (exact) mass is 382 g/mol. The van der Waals surface area contributed by atoms with Crippen LogP contribution in [-0.2, 0) is 9.59 Å². The van der Waals surface area contributed by atoms with Gasteiger partial charge in [-0.2, -0.15) is 0 Å². The number of hydrogen-bond acceptors (Lipinski definition) is 5. The van der Waals surface area contributed by atoms with Crippen LogP contribution in [0, 0.1) is 0 Å². The molecule has 2 aromatic carbocycles. The van der Waals surface area contributed by atoms with Crippen molar-refractivity contribution in [2.45, 2.75) is 20.0 Å². The van der Waals surface area contributed by atoms with Crippen molar-refractivity contribution in [3.8, 4) is 17.2 Å². The van der Waals surface area contributed by atoms with Crippen LogP contribution in [0.4, 0.5) is 11.4 Å². The van der Waals surface area contributed by atoms with Crippen molar-refractivity contribution in [3.63, 3.8) is 0 Å². The van der Waals surface area contributed by atoms with E-state index in [1.165, 1.54) is 6.08 Å². The van der Waals surface area contributed by atoms with Gasteiger partial charge < -0.3 is 24.8 Å². The van der Waals surface area contributed by atoms with Crippen LogP contribution in [-0.4, -0.2) is 31.6 Å². The Hall–Kier alpha value is -3.48. The second-order valence-electron chi connectivity index (χ2n) is 6.13. The first kappa shape index (κ1) is 19.3. The highest BCUT2D eigenvalue weighted by molar-refractivity contribution is 6.03. The number of nitrogens with one attached hydrogen (secondary N) is 2. The highest BCUT2D eigenvalue weighted by atomic mass is 16.5. The van der Waals surface area contributed by atoms with Crippen LogP contribution in [0.3, 0.4) is 0 Å². The lowest BCUT2D eigenvalue weighted by molar-refractivity contribution is -0.122. The number of benzene rings is 2. The molecule has 0 saturated heterocycles. The molecule has 2 amide bonds. The Kier molecular flexibility index (Phi) is 5.84. The lowest BCUT2D eigenvalue weighted by Crippen LogP contribution is -2.34. The van der Waals surface area contributed by atoms with E-state index in [-0.39, 0.29) is 11.8 Å². The fourth-order valence-electron chi connectivity index (χ4n) is 2.71. The third-order valence-corrected chi connectivity index (χ3v) is 4.09. The Labute approximate surface area is 163 Å². The molecule has 3 rings (SSSR count). The molecule has 7 heteroatoms. The van der Waals surface area contributed by atoms with Crippen molar-refractivity contribution in [3.05, 3.63) is 48.0 Å². The van der Waals surface area contributed by atoms with Crippen LogP contribution in [0.5, 0.6) is 17.2 Å².